The molecule has 4 aromatic carbocycles. The van der Waals surface area contributed by atoms with Crippen LogP contribution in [-0.2, 0) is 19.4 Å². The van der Waals surface area contributed by atoms with E-state index >= 15 is 0 Å². The van der Waals surface area contributed by atoms with Gasteiger partial charge in [-0.3, -0.25) is 9.59 Å². The Hall–Kier alpha value is -6.35. The molecule has 2 aliphatic heterocycles. The number of hydrogen-bond acceptors (Lipinski definition) is 10. The van der Waals surface area contributed by atoms with Crippen molar-refractivity contribution in [3.05, 3.63) is 131 Å². The molecule has 2 unspecified atom stereocenters. The summed E-state index contributed by atoms with van der Waals surface area (Å²) in [4.78, 5) is 35.2. The van der Waals surface area contributed by atoms with Gasteiger partial charge < -0.3 is 32.7 Å². The molecule has 6 rings (SSSR count). The molecule has 12 nitrogen and oxygen atoms in total. The molecule has 2 atom stereocenters. The smallest absolute Gasteiger partial charge is 0.255 e. The van der Waals surface area contributed by atoms with E-state index in [1.54, 1.807) is 13.8 Å². The number of amides is 2. The molecule has 8 N–H and O–H groups in total. The number of aliphatic imine (C=N–C) groups is 2. The number of hydrogen-bond donors (Lipinski definition) is 6. The second kappa shape index (κ2) is 13.9. The molecule has 51 heavy (non-hydrogen) atoms. The minimum Gasteiger partial charge on any atom is -0.370 e. The molecule has 4 aromatic rings. The van der Waals surface area contributed by atoms with Crippen LogP contribution in [0.3, 0.4) is 0 Å². The van der Waals surface area contributed by atoms with Gasteiger partial charge in [0.25, 0.3) is 11.8 Å². The Balaban J connectivity index is 1.17. The summed E-state index contributed by atoms with van der Waals surface area (Å²) in [6.07, 6.45) is 0. The highest BCUT2D eigenvalue weighted by Gasteiger charge is 2.29. The number of rotatable bonds is 8. The number of carbonyl (C=O) groups excluding carboxylic acids is 2. The van der Waals surface area contributed by atoms with Gasteiger partial charge >= 0.3 is 0 Å². The molecule has 0 fully saturated rings. The number of sulfone groups is 1. The molecule has 0 saturated heterocycles. The summed E-state index contributed by atoms with van der Waals surface area (Å²) in [5.41, 5.74) is 14.8. The SMILES string of the molecule is CC1N=C(N)NC(c2ccc(F)cc2)=C1C(=O)Nc1ccc(S(=O)(=O)c2ccc(NC(=O)C3=C(c4ccc(F)cc4)NC(N)=NC3C)cc2)cc1. The van der Waals surface area contributed by atoms with Crippen molar-refractivity contribution in [1.29, 1.82) is 0 Å². The van der Waals surface area contributed by atoms with Crippen molar-refractivity contribution in [2.24, 2.45) is 21.5 Å². The van der Waals surface area contributed by atoms with Crippen molar-refractivity contribution >= 4 is 56.3 Å². The zero-order chi connectivity index (χ0) is 36.4. The van der Waals surface area contributed by atoms with Gasteiger partial charge in [0.2, 0.25) is 9.84 Å². The summed E-state index contributed by atoms with van der Waals surface area (Å²) in [5, 5.41) is 11.3. The van der Waals surface area contributed by atoms with Crippen LogP contribution in [0.4, 0.5) is 20.2 Å². The number of guanidine groups is 2. The van der Waals surface area contributed by atoms with E-state index in [-0.39, 0.29) is 32.9 Å². The lowest BCUT2D eigenvalue weighted by molar-refractivity contribution is -0.113. The molecule has 0 bridgehead atoms. The third-order valence-electron chi connectivity index (χ3n) is 8.15. The minimum absolute atomic E-state index is 0.0276. The summed E-state index contributed by atoms with van der Waals surface area (Å²) in [5.74, 6) is -1.68. The Kier molecular flexibility index (Phi) is 9.39. The molecule has 0 aliphatic carbocycles. The zero-order valence-electron chi connectivity index (χ0n) is 27.2. The van der Waals surface area contributed by atoms with Crippen LogP contribution in [0.1, 0.15) is 25.0 Å². The van der Waals surface area contributed by atoms with Crippen molar-refractivity contribution in [3.63, 3.8) is 0 Å². The van der Waals surface area contributed by atoms with Crippen LogP contribution in [0.15, 0.2) is 128 Å². The molecule has 0 spiro atoms. The Bertz CT molecular complexity index is 2100. The standard InChI is InChI=1S/C36H32F2N8O4S/c1-19-29(31(45-35(39)41-19)21-3-7-23(37)8-4-21)33(47)43-25-11-15-27(16-12-25)51(49,50)28-17-13-26(14-18-28)44-34(48)30-20(2)42-36(40)46-32(30)22-5-9-24(38)10-6-22/h3-20H,1-2H3,(H,43,47)(H,44,48)(H3,39,41,45)(H3,40,42,46). The van der Waals surface area contributed by atoms with Crippen molar-refractivity contribution in [3.8, 4) is 0 Å². The van der Waals surface area contributed by atoms with Crippen LogP contribution in [0.2, 0.25) is 0 Å². The van der Waals surface area contributed by atoms with E-state index in [0.717, 1.165) is 0 Å². The van der Waals surface area contributed by atoms with Crippen LogP contribution in [-0.4, -0.2) is 44.2 Å². The highest BCUT2D eigenvalue weighted by atomic mass is 32.2. The molecule has 0 saturated carbocycles. The number of halogens is 2. The second-order valence-corrected chi connectivity index (χ2v) is 13.6. The Morgan fingerprint density at radius 3 is 1.27 bits per heavy atom. The normalized spacial score (nSPS) is 17.5. The predicted molar refractivity (Wildman–Crippen MR) is 191 cm³/mol. The van der Waals surface area contributed by atoms with E-state index in [1.165, 1.54) is 97.1 Å². The first-order chi connectivity index (χ1) is 24.3. The maximum Gasteiger partial charge on any atom is 0.255 e. The molecule has 15 heteroatoms. The molecule has 2 amide bonds. The lowest BCUT2D eigenvalue weighted by Crippen LogP contribution is -2.39. The summed E-state index contributed by atoms with van der Waals surface area (Å²) in [6, 6.07) is 21.1. The molecule has 0 radical (unpaired) electrons. The van der Waals surface area contributed by atoms with Crippen LogP contribution in [0, 0.1) is 11.6 Å². The fourth-order valence-corrected chi connectivity index (χ4v) is 6.94. The molecule has 0 aromatic heterocycles. The number of nitrogens with zero attached hydrogens (tertiary/aromatic N) is 2. The number of nitrogens with one attached hydrogen (secondary N) is 4. The predicted octanol–water partition coefficient (Wildman–Crippen LogP) is 4.11. The van der Waals surface area contributed by atoms with Gasteiger partial charge in [-0.1, -0.05) is 0 Å². The molecular formula is C36H32F2N8O4S. The van der Waals surface area contributed by atoms with Gasteiger partial charge in [0.15, 0.2) is 11.9 Å². The maximum atomic E-state index is 13.6. The van der Waals surface area contributed by atoms with Gasteiger partial charge in [0, 0.05) is 11.4 Å². The zero-order valence-corrected chi connectivity index (χ0v) is 28.1. The van der Waals surface area contributed by atoms with Crippen LogP contribution in [0.25, 0.3) is 11.4 Å². The van der Waals surface area contributed by atoms with Crippen LogP contribution >= 0.6 is 0 Å². The average molecular weight is 711 g/mol. The van der Waals surface area contributed by atoms with E-state index in [1.807, 2.05) is 0 Å². The van der Waals surface area contributed by atoms with Crippen molar-refractivity contribution in [2.75, 3.05) is 10.6 Å². The van der Waals surface area contributed by atoms with E-state index < -0.39 is 45.4 Å². The van der Waals surface area contributed by atoms with Gasteiger partial charge in [-0.05, 0) is 122 Å². The first-order valence-corrected chi connectivity index (χ1v) is 17.1. The van der Waals surface area contributed by atoms with Crippen molar-refractivity contribution in [2.45, 2.75) is 35.7 Å². The van der Waals surface area contributed by atoms with E-state index in [0.29, 0.717) is 33.9 Å². The van der Waals surface area contributed by atoms with E-state index in [9.17, 15) is 26.8 Å². The van der Waals surface area contributed by atoms with Gasteiger partial charge in [0.05, 0.1) is 44.4 Å². The minimum atomic E-state index is -3.99. The number of benzene rings is 4. The van der Waals surface area contributed by atoms with Gasteiger partial charge in [-0.2, -0.15) is 0 Å². The summed E-state index contributed by atoms with van der Waals surface area (Å²) < 4.78 is 54.1. The average Bonchev–Trinajstić information content (AvgIpc) is 3.08. The highest BCUT2D eigenvalue weighted by molar-refractivity contribution is 7.91. The van der Waals surface area contributed by atoms with Crippen LogP contribution in [0.5, 0.6) is 0 Å². The summed E-state index contributed by atoms with van der Waals surface area (Å²) in [7, 11) is -3.99. The monoisotopic (exact) mass is 710 g/mol. The van der Waals surface area contributed by atoms with Gasteiger partial charge in [0.1, 0.15) is 11.6 Å². The third-order valence-corrected chi connectivity index (χ3v) is 9.93. The number of carbonyl (C=O) groups is 2. The summed E-state index contributed by atoms with van der Waals surface area (Å²) in [6.45, 7) is 3.39. The number of nitrogens with two attached hydrogens (primary N) is 2. The lowest BCUT2D eigenvalue weighted by atomic mass is 9.99. The molecular weight excluding hydrogens is 679 g/mol. The molecule has 2 aliphatic rings. The largest absolute Gasteiger partial charge is 0.370 e. The lowest BCUT2D eigenvalue weighted by Gasteiger charge is -2.24. The highest BCUT2D eigenvalue weighted by Crippen LogP contribution is 2.29. The van der Waals surface area contributed by atoms with Crippen LogP contribution < -0.4 is 32.7 Å². The molecule has 260 valence electrons. The van der Waals surface area contributed by atoms with Crippen molar-refractivity contribution < 1.29 is 26.8 Å². The Labute approximate surface area is 292 Å². The maximum absolute atomic E-state index is 13.6. The van der Waals surface area contributed by atoms with E-state index in [4.69, 9.17) is 11.5 Å². The quantitative estimate of drug-likeness (QED) is 0.157. The first-order valence-electron chi connectivity index (χ1n) is 15.6. The Morgan fingerprint density at radius 1 is 0.608 bits per heavy atom. The number of anilines is 2. The summed E-state index contributed by atoms with van der Waals surface area (Å²) >= 11 is 0. The first kappa shape index (κ1) is 34.5. The second-order valence-electron chi connectivity index (χ2n) is 11.7. The van der Waals surface area contributed by atoms with Crippen molar-refractivity contribution in [1.82, 2.24) is 10.6 Å². The fourth-order valence-electron chi connectivity index (χ4n) is 5.68. The van der Waals surface area contributed by atoms with Gasteiger partial charge in [-0.15, -0.1) is 0 Å². The molecule has 2 heterocycles. The topological polar surface area (TPSA) is 193 Å². The third kappa shape index (κ3) is 7.33. The Morgan fingerprint density at radius 2 is 0.941 bits per heavy atom. The fraction of sp³-hybridized carbons (Fsp3) is 0.111. The van der Waals surface area contributed by atoms with Gasteiger partial charge in [-0.25, -0.2) is 27.2 Å². The van der Waals surface area contributed by atoms with E-state index in [2.05, 4.69) is 31.3 Å².